The van der Waals surface area contributed by atoms with E-state index in [2.05, 4.69) is 19.6 Å². The third kappa shape index (κ3) is 3.21. The lowest BCUT2D eigenvalue weighted by molar-refractivity contribution is 0.0926. The molecule has 1 aliphatic heterocycles. The summed E-state index contributed by atoms with van der Waals surface area (Å²) in [5, 5.41) is 4.91. The molecule has 2 aromatic heterocycles. The van der Waals surface area contributed by atoms with Crippen LogP contribution >= 0.6 is 11.5 Å². The van der Waals surface area contributed by atoms with Gasteiger partial charge in [0.25, 0.3) is 5.91 Å². The summed E-state index contributed by atoms with van der Waals surface area (Å²) in [4.78, 5) is 18.5. The molecule has 0 saturated carbocycles. The second-order valence-electron chi connectivity index (χ2n) is 6.31. The Balaban J connectivity index is 1.41. The molecule has 1 aliphatic rings. The summed E-state index contributed by atoms with van der Waals surface area (Å²) in [6.07, 6.45) is 5.01. The van der Waals surface area contributed by atoms with Gasteiger partial charge >= 0.3 is 0 Å². The zero-order valence-electron chi connectivity index (χ0n) is 13.8. The van der Waals surface area contributed by atoms with Crippen LogP contribution in [0.4, 0.5) is 9.39 Å². The van der Waals surface area contributed by atoms with Gasteiger partial charge in [-0.1, -0.05) is 0 Å². The van der Waals surface area contributed by atoms with Gasteiger partial charge in [-0.05, 0) is 42.6 Å². The van der Waals surface area contributed by atoms with E-state index in [0.717, 1.165) is 41.8 Å². The molecule has 4 rings (SSSR count). The Kier molecular flexibility index (Phi) is 4.12. The van der Waals surface area contributed by atoms with Gasteiger partial charge in [0.05, 0.1) is 11.8 Å². The predicted molar refractivity (Wildman–Crippen MR) is 95.5 cm³/mol. The van der Waals surface area contributed by atoms with Crippen LogP contribution in [0.15, 0.2) is 30.7 Å². The maximum Gasteiger partial charge on any atom is 0.271 e. The number of benzene rings is 1. The fourth-order valence-electron chi connectivity index (χ4n) is 3.15. The van der Waals surface area contributed by atoms with Crippen molar-refractivity contribution in [1.82, 2.24) is 19.2 Å². The van der Waals surface area contributed by atoms with E-state index in [1.165, 1.54) is 17.6 Å². The van der Waals surface area contributed by atoms with Crippen molar-refractivity contribution in [2.45, 2.75) is 18.9 Å². The molecule has 1 fully saturated rings. The molecule has 0 atom stereocenters. The van der Waals surface area contributed by atoms with E-state index in [1.807, 2.05) is 7.05 Å². The molecule has 25 heavy (non-hydrogen) atoms. The first-order valence-corrected chi connectivity index (χ1v) is 8.96. The summed E-state index contributed by atoms with van der Waals surface area (Å²) in [5.41, 5.74) is 1.26. The van der Waals surface area contributed by atoms with Crippen molar-refractivity contribution in [3.8, 4) is 0 Å². The molecule has 3 aromatic rings. The van der Waals surface area contributed by atoms with Gasteiger partial charge in [-0.25, -0.2) is 9.37 Å². The van der Waals surface area contributed by atoms with Crippen molar-refractivity contribution in [2.24, 2.45) is 7.05 Å². The first kappa shape index (κ1) is 16.0. The Hall–Kier alpha value is -2.48. The summed E-state index contributed by atoms with van der Waals surface area (Å²) in [7, 11) is 1.84. The number of hydrogen-bond donors (Lipinski definition) is 1. The number of aryl methyl sites for hydroxylation is 1. The van der Waals surface area contributed by atoms with Crippen LogP contribution in [0.1, 0.15) is 23.3 Å². The van der Waals surface area contributed by atoms with Gasteiger partial charge in [0.1, 0.15) is 16.5 Å². The first-order chi connectivity index (χ1) is 12.1. The molecule has 0 aliphatic carbocycles. The summed E-state index contributed by atoms with van der Waals surface area (Å²) in [6, 6.07) is 4.82. The summed E-state index contributed by atoms with van der Waals surface area (Å²) in [5.74, 6) is -0.379. The average Bonchev–Trinajstić information content (AvgIpc) is 3.21. The number of halogens is 1. The van der Waals surface area contributed by atoms with Gasteiger partial charge in [0.2, 0.25) is 0 Å². The Bertz CT molecular complexity index is 913. The number of aromatic nitrogens is 3. The number of nitrogens with zero attached hydrogens (tertiary/aromatic N) is 4. The molecular weight excluding hydrogens is 341 g/mol. The number of rotatable bonds is 3. The summed E-state index contributed by atoms with van der Waals surface area (Å²) < 4.78 is 19.7. The molecule has 0 spiro atoms. The summed E-state index contributed by atoms with van der Waals surface area (Å²) >= 11 is 1.40. The number of carbonyl (C=O) groups is 1. The smallest absolute Gasteiger partial charge is 0.271 e. The van der Waals surface area contributed by atoms with Crippen LogP contribution in [-0.4, -0.2) is 39.0 Å². The minimum atomic E-state index is -0.244. The van der Waals surface area contributed by atoms with E-state index < -0.39 is 0 Å². The van der Waals surface area contributed by atoms with Crippen LogP contribution in [0.3, 0.4) is 0 Å². The van der Waals surface area contributed by atoms with Gasteiger partial charge < -0.3 is 14.8 Å². The molecule has 0 bridgehead atoms. The second-order valence-corrected chi connectivity index (χ2v) is 7.06. The van der Waals surface area contributed by atoms with Crippen LogP contribution in [-0.2, 0) is 7.05 Å². The Morgan fingerprint density at radius 2 is 2.16 bits per heavy atom. The van der Waals surface area contributed by atoms with Crippen LogP contribution in [0, 0.1) is 5.82 Å². The van der Waals surface area contributed by atoms with E-state index in [0.29, 0.717) is 5.69 Å². The fourth-order valence-corrected chi connectivity index (χ4v) is 4.05. The average molecular weight is 359 g/mol. The van der Waals surface area contributed by atoms with Crippen molar-refractivity contribution in [2.75, 3.05) is 18.0 Å². The highest BCUT2D eigenvalue weighted by molar-refractivity contribution is 7.11. The molecule has 8 heteroatoms. The minimum absolute atomic E-state index is 0.127. The molecule has 1 saturated heterocycles. The molecule has 1 amide bonds. The molecular formula is C17H18FN5OS. The van der Waals surface area contributed by atoms with Gasteiger partial charge in [0.15, 0.2) is 0 Å². The molecule has 0 radical (unpaired) electrons. The molecule has 130 valence electrons. The third-order valence-corrected chi connectivity index (χ3v) is 5.41. The third-order valence-electron chi connectivity index (χ3n) is 4.47. The van der Waals surface area contributed by atoms with E-state index in [9.17, 15) is 9.18 Å². The maximum absolute atomic E-state index is 13.5. The molecule has 3 heterocycles. The van der Waals surface area contributed by atoms with Crippen LogP contribution in [0.5, 0.6) is 0 Å². The fraction of sp³-hybridized carbons (Fsp3) is 0.353. The molecule has 1 N–H and O–H groups in total. The van der Waals surface area contributed by atoms with Gasteiger partial charge in [-0.15, -0.1) is 0 Å². The standard InChI is InChI=1S/C17H18FN5OS/c1-22-9-15(19-10-22)16(24)20-12-4-6-23(7-5-12)17-13-8-11(18)2-3-14(13)21-25-17/h2-3,8-10,12H,4-7H2,1H3,(H,20,24). The number of carbonyl (C=O) groups excluding carboxylic acids is 1. The normalized spacial score (nSPS) is 15.7. The number of fused-ring (bicyclic) bond motifs is 1. The largest absolute Gasteiger partial charge is 0.362 e. The van der Waals surface area contributed by atoms with Gasteiger partial charge in [-0.2, -0.15) is 4.37 Å². The van der Waals surface area contributed by atoms with E-state index in [1.54, 1.807) is 29.2 Å². The van der Waals surface area contributed by atoms with E-state index >= 15 is 0 Å². The Morgan fingerprint density at radius 3 is 2.88 bits per heavy atom. The topological polar surface area (TPSA) is 63.1 Å². The van der Waals surface area contributed by atoms with Crippen molar-refractivity contribution in [3.05, 3.63) is 42.2 Å². The highest BCUT2D eigenvalue weighted by atomic mass is 32.1. The van der Waals surface area contributed by atoms with Crippen LogP contribution < -0.4 is 10.2 Å². The number of amides is 1. The number of anilines is 1. The van der Waals surface area contributed by atoms with E-state index in [-0.39, 0.29) is 17.8 Å². The lowest BCUT2D eigenvalue weighted by atomic mass is 10.0. The highest BCUT2D eigenvalue weighted by Crippen LogP contribution is 2.33. The van der Waals surface area contributed by atoms with Crippen LogP contribution in [0.2, 0.25) is 0 Å². The number of nitrogens with one attached hydrogen (secondary N) is 1. The first-order valence-electron chi connectivity index (χ1n) is 8.19. The molecule has 0 unspecified atom stereocenters. The zero-order valence-corrected chi connectivity index (χ0v) is 14.6. The van der Waals surface area contributed by atoms with Crippen molar-refractivity contribution >= 4 is 33.3 Å². The second kappa shape index (κ2) is 6.44. The Morgan fingerprint density at radius 1 is 1.36 bits per heavy atom. The SMILES string of the molecule is Cn1cnc(C(=O)NC2CCN(c3snc4ccc(F)cc34)CC2)c1. The summed E-state index contributed by atoms with van der Waals surface area (Å²) in [6.45, 7) is 1.61. The van der Waals surface area contributed by atoms with Crippen molar-refractivity contribution < 1.29 is 9.18 Å². The molecule has 1 aromatic carbocycles. The van der Waals surface area contributed by atoms with Crippen molar-refractivity contribution in [1.29, 1.82) is 0 Å². The lowest BCUT2D eigenvalue weighted by Crippen LogP contribution is -2.44. The zero-order chi connectivity index (χ0) is 17.4. The number of hydrogen-bond acceptors (Lipinski definition) is 5. The van der Waals surface area contributed by atoms with Gasteiger partial charge in [0, 0.05) is 37.8 Å². The molecule has 6 nitrogen and oxygen atoms in total. The minimum Gasteiger partial charge on any atom is -0.362 e. The predicted octanol–water partition coefficient (Wildman–Crippen LogP) is 2.57. The quantitative estimate of drug-likeness (QED) is 0.781. The monoisotopic (exact) mass is 359 g/mol. The van der Waals surface area contributed by atoms with Crippen molar-refractivity contribution in [3.63, 3.8) is 0 Å². The Labute approximate surface area is 148 Å². The maximum atomic E-state index is 13.5. The van der Waals surface area contributed by atoms with Gasteiger partial charge in [-0.3, -0.25) is 4.79 Å². The number of imidazole rings is 1. The van der Waals surface area contributed by atoms with Crippen LogP contribution in [0.25, 0.3) is 10.9 Å². The van der Waals surface area contributed by atoms with E-state index in [4.69, 9.17) is 0 Å². The number of piperidine rings is 1. The lowest BCUT2D eigenvalue weighted by Gasteiger charge is -2.32. The highest BCUT2D eigenvalue weighted by Gasteiger charge is 2.24.